The first-order chi connectivity index (χ1) is 13.2. The molecule has 1 N–H and O–H groups in total. The second-order valence-electron chi connectivity index (χ2n) is 6.35. The molecule has 0 aliphatic rings. The van der Waals surface area contributed by atoms with Crippen LogP contribution in [0.4, 0.5) is 17.2 Å². The van der Waals surface area contributed by atoms with Crippen LogP contribution in [0, 0.1) is 17.0 Å². The molecule has 0 unspecified atom stereocenters. The maximum atomic E-state index is 12.9. The molecule has 0 bridgehead atoms. The topological polar surface area (TPSA) is 110 Å². The Morgan fingerprint density at radius 1 is 1.11 bits per heavy atom. The molecule has 0 fully saturated rings. The zero-order valence-electron chi connectivity index (χ0n) is 15.5. The van der Waals surface area contributed by atoms with Gasteiger partial charge in [0.25, 0.3) is 15.7 Å². The van der Waals surface area contributed by atoms with Gasteiger partial charge in [0.2, 0.25) is 0 Å². The molecule has 0 aliphatic carbocycles. The largest absolute Gasteiger partial charge is 0.378 e. The minimum absolute atomic E-state index is 0.0599. The molecule has 9 nitrogen and oxygen atoms in total. The fraction of sp³-hybridized carbons (Fsp3) is 0.167. The van der Waals surface area contributed by atoms with E-state index in [9.17, 15) is 18.5 Å². The summed E-state index contributed by atoms with van der Waals surface area (Å²) in [5, 5.41) is 15.1. The Bertz CT molecular complexity index is 1120. The molecular weight excluding hydrogens is 382 g/mol. The van der Waals surface area contributed by atoms with E-state index in [0.717, 1.165) is 5.69 Å². The van der Waals surface area contributed by atoms with Crippen LogP contribution >= 0.6 is 0 Å². The Morgan fingerprint density at radius 2 is 1.79 bits per heavy atom. The van der Waals surface area contributed by atoms with Crippen LogP contribution < -0.4 is 9.62 Å². The lowest BCUT2D eigenvalue weighted by Crippen LogP contribution is -2.17. The van der Waals surface area contributed by atoms with Crippen molar-refractivity contribution in [2.45, 2.75) is 11.8 Å². The molecule has 0 spiro atoms. The van der Waals surface area contributed by atoms with Gasteiger partial charge in [-0.2, -0.15) is 5.10 Å². The number of hydrogen-bond donors (Lipinski definition) is 1. The van der Waals surface area contributed by atoms with Gasteiger partial charge in [-0.05, 0) is 37.3 Å². The highest BCUT2D eigenvalue weighted by Gasteiger charge is 2.19. The lowest BCUT2D eigenvalue weighted by atomic mass is 10.3. The summed E-state index contributed by atoms with van der Waals surface area (Å²) in [4.78, 5) is 12.3. The van der Waals surface area contributed by atoms with Gasteiger partial charge < -0.3 is 4.90 Å². The first-order valence-corrected chi connectivity index (χ1v) is 9.77. The number of benzene rings is 2. The summed E-state index contributed by atoms with van der Waals surface area (Å²) in [5.41, 5.74) is 1.79. The molecule has 1 heterocycles. The van der Waals surface area contributed by atoms with Crippen LogP contribution in [-0.2, 0) is 10.0 Å². The molecule has 10 heteroatoms. The number of nitro benzene ring substituents is 1. The maximum absolute atomic E-state index is 12.9. The van der Waals surface area contributed by atoms with Crippen LogP contribution in [0.15, 0.2) is 59.5 Å². The molecule has 2 aromatic carbocycles. The molecule has 3 aromatic rings. The average molecular weight is 401 g/mol. The molecule has 0 aliphatic heterocycles. The highest BCUT2D eigenvalue weighted by Crippen LogP contribution is 2.24. The molecule has 0 saturated heterocycles. The molecule has 146 valence electrons. The van der Waals surface area contributed by atoms with Crippen LogP contribution in [0.1, 0.15) is 5.69 Å². The summed E-state index contributed by atoms with van der Waals surface area (Å²) < 4.78 is 29.6. The van der Waals surface area contributed by atoms with Crippen molar-refractivity contribution in [1.29, 1.82) is 0 Å². The Hall–Kier alpha value is -3.40. The molecule has 0 saturated carbocycles. The Balaban J connectivity index is 1.97. The van der Waals surface area contributed by atoms with Gasteiger partial charge in [0.1, 0.15) is 5.82 Å². The number of anilines is 2. The summed E-state index contributed by atoms with van der Waals surface area (Å²) in [5.74, 6) is 0.238. The third-order valence-corrected chi connectivity index (χ3v) is 5.37. The number of nitrogens with one attached hydrogen (secondary N) is 1. The van der Waals surface area contributed by atoms with Gasteiger partial charge in [-0.15, -0.1) is 0 Å². The predicted molar refractivity (Wildman–Crippen MR) is 107 cm³/mol. The van der Waals surface area contributed by atoms with E-state index in [0.29, 0.717) is 11.4 Å². The van der Waals surface area contributed by atoms with Crippen LogP contribution in [-0.4, -0.2) is 37.2 Å². The first kappa shape index (κ1) is 19.4. The molecule has 0 amide bonds. The van der Waals surface area contributed by atoms with Crippen LogP contribution in [0.2, 0.25) is 0 Å². The number of nitro groups is 1. The molecule has 0 radical (unpaired) electrons. The number of sulfonamides is 1. The summed E-state index contributed by atoms with van der Waals surface area (Å²) in [6.07, 6.45) is 0. The van der Waals surface area contributed by atoms with Crippen LogP contribution in [0.5, 0.6) is 0 Å². The lowest BCUT2D eigenvalue weighted by molar-refractivity contribution is -0.384. The minimum Gasteiger partial charge on any atom is -0.378 e. The van der Waals surface area contributed by atoms with E-state index >= 15 is 0 Å². The second kappa shape index (κ2) is 7.31. The van der Waals surface area contributed by atoms with Gasteiger partial charge in [-0.1, -0.05) is 6.07 Å². The van der Waals surface area contributed by atoms with Crippen molar-refractivity contribution in [2.75, 3.05) is 23.7 Å². The zero-order chi connectivity index (χ0) is 20.5. The fourth-order valence-electron chi connectivity index (χ4n) is 2.61. The SMILES string of the molecule is Cc1cc(NS(=O)(=O)c2cccc(N(C)C)c2)n(-c2ccc([N+](=O)[O-])cc2)n1. The van der Waals surface area contributed by atoms with Gasteiger partial charge in [0.15, 0.2) is 0 Å². The van der Waals surface area contributed by atoms with Crippen molar-refractivity contribution in [1.82, 2.24) is 9.78 Å². The molecular formula is C18H19N5O4S. The number of rotatable bonds is 6. The smallest absolute Gasteiger partial charge is 0.269 e. The van der Waals surface area contributed by atoms with E-state index in [2.05, 4.69) is 9.82 Å². The lowest BCUT2D eigenvalue weighted by Gasteiger charge is -2.15. The summed E-state index contributed by atoms with van der Waals surface area (Å²) in [6.45, 7) is 1.73. The van der Waals surface area contributed by atoms with Crippen LogP contribution in [0.25, 0.3) is 5.69 Å². The highest BCUT2D eigenvalue weighted by molar-refractivity contribution is 7.92. The fourth-order valence-corrected chi connectivity index (χ4v) is 3.68. The Labute approximate surface area is 162 Å². The van der Waals surface area contributed by atoms with Gasteiger partial charge in [-0.3, -0.25) is 14.8 Å². The van der Waals surface area contributed by atoms with Crippen molar-refractivity contribution in [3.05, 3.63) is 70.4 Å². The van der Waals surface area contributed by atoms with E-state index < -0.39 is 14.9 Å². The molecule has 1 aromatic heterocycles. The highest BCUT2D eigenvalue weighted by atomic mass is 32.2. The van der Waals surface area contributed by atoms with Gasteiger partial charge in [0.05, 0.1) is 21.2 Å². The summed E-state index contributed by atoms with van der Waals surface area (Å²) in [6, 6.07) is 13.8. The van der Waals surface area contributed by atoms with Gasteiger partial charge >= 0.3 is 0 Å². The van der Waals surface area contributed by atoms with Crippen molar-refractivity contribution < 1.29 is 13.3 Å². The molecule has 28 heavy (non-hydrogen) atoms. The summed E-state index contributed by atoms with van der Waals surface area (Å²) >= 11 is 0. The van der Waals surface area contributed by atoms with Crippen molar-refractivity contribution in [2.24, 2.45) is 0 Å². The third-order valence-electron chi connectivity index (χ3n) is 4.02. The predicted octanol–water partition coefficient (Wildman–Crippen LogP) is 2.96. The first-order valence-electron chi connectivity index (χ1n) is 8.29. The number of aryl methyl sites for hydroxylation is 1. The number of aromatic nitrogens is 2. The van der Waals surface area contributed by atoms with E-state index in [1.807, 2.05) is 25.1 Å². The van der Waals surface area contributed by atoms with E-state index in [1.54, 1.807) is 25.1 Å². The standard InChI is InChI=1S/C18H19N5O4S/c1-13-11-18(22(19-13)14-7-9-15(10-8-14)23(24)25)20-28(26,27)17-6-4-5-16(12-17)21(2)3/h4-12,20H,1-3H3. The van der Waals surface area contributed by atoms with Gasteiger partial charge in [0, 0.05) is 38.0 Å². The average Bonchev–Trinajstić information content (AvgIpc) is 3.01. The quantitative estimate of drug-likeness (QED) is 0.502. The third kappa shape index (κ3) is 3.96. The zero-order valence-corrected chi connectivity index (χ0v) is 16.3. The minimum atomic E-state index is -3.85. The summed E-state index contributed by atoms with van der Waals surface area (Å²) in [7, 11) is -0.203. The maximum Gasteiger partial charge on any atom is 0.269 e. The van der Waals surface area contributed by atoms with Gasteiger partial charge in [-0.25, -0.2) is 13.1 Å². The number of nitrogens with zero attached hydrogens (tertiary/aromatic N) is 4. The monoisotopic (exact) mass is 401 g/mol. The van der Waals surface area contributed by atoms with Crippen molar-refractivity contribution >= 4 is 27.2 Å². The van der Waals surface area contributed by atoms with Crippen LogP contribution in [0.3, 0.4) is 0 Å². The van der Waals surface area contributed by atoms with E-state index in [1.165, 1.54) is 35.0 Å². The molecule has 0 atom stereocenters. The number of hydrogen-bond acceptors (Lipinski definition) is 6. The second-order valence-corrected chi connectivity index (χ2v) is 8.04. The van der Waals surface area contributed by atoms with E-state index in [-0.39, 0.29) is 16.4 Å². The van der Waals surface area contributed by atoms with Crippen molar-refractivity contribution in [3.63, 3.8) is 0 Å². The Kier molecular flexibility index (Phi) is 5.06. The Morgan fingerprint density at radius 3 is 2.39 bits per heavy atom. The van der Waals surface area contributed by atoms with E-state index in [4.69, 9.17) is 0 Å². The normalized spacial score (nSPS) is 11.2. The number of non-ortho nitro benzene ring substituents is 1. The van der Waals surface area contributed by atoms with Crippen molar-refractivity contribution in [3.8, 4) is 5.69 Å². The molecule has 3 rings (SSSR count).